The monoisotopic (exact) mass is 283 g/mol. The Morgan fingerprint density at radius 3 is 2.95 bits per heavy atom. The van der Waals surface area contributed by atoms with Gasteiger partial charge < -0.3 is 5.73 Å². The van der Waals surface area contributed by atoms with E-state index in [4.69, 9.17) is 17.3 Å². The van der Waals surface area contributed by atoms with Gasteiger partial charge in [-0.3, -0.25) is 15.0 Å². The maximum absolute atomic E-state index is 10.7. The SMILES string of the molecule is NCC1CCCN(Cc2ccc([N+](=O)[O-])cc2Cl)C1. The Hall–Kier alpha value is -1.17. The topological polar surface area (TPSA) is 72.4 Å². The number of likely N-dealkylation sites (tertiary alicyclic amines) is 1. The molecule has 1 fully saturated rings. The van der Waals surface area contributed by atoms with Crippen LogP contribution in [0.15, 0.2) is 18.2 Å². The molecule has 1 atom stereocenters. The van der Waals surface area contributed by atoms with Gasteiger partial charge in [0, 0.05) is 25.2 Å². The molecule has 1 aliphatic heterocycles. The molecule has 1 heterocycles. The first-order valence-corrected chi connectivity index (χ1v) is 6.83. The Kier molecular flexibility index (Phi) is 4.74. The van der Waals surface area contributed by atoms with Gasteiger partial charge in [-0.25, -0.2) is 0 Å². The minimum absolute atomic E-state index is 0.0345. The van der Waals surface area contributed by atoms with Crippen molar-refractivity contribution in [1.29, 1.82) is 0 Å². The fourth-order valence-corrected chi connectivity index (χ4v) is 2.74. The van der Waals surface area contributed by atoms with E-state index in [-0.39, 0.29) is 5.69 Å². The van der Waals surface area contributed by atoms with Crippen molar-refractivity contribution in [1.82, 2.24) is 4.90 Å². The first kappa shape index (κ1) is 14.2. The van der Waals surface area contributed by atoms with Crippen LogP contribution in [0, 0.1) is 16.0 Å². The zero-order chi connectivity index (χ0) is 13.8. The van der Waals surface area contributed by atoms with Crippen molar-refractivity contribution >= 4 is 17.3 Å². The number of nitro groups is 1. The maximum atomic E-state index is 10.7. The van der Waals surface area contributed by atoms with E-state index in [0.717, 1.165) is 31.6 Å². The van der Waals surface area contributed by atoms with Crippen LogP contribution in [-0.2, 0) is 6.54 Å². The zero-order valence-corrected chi connectivity index (χ0v) is 11.5. The molecule has 0 saturated carbocycles. The second-order valence-corrected chi connectivity index (χ2v) is 5.42. The molecule has 0 aliphatic carbocycles. The Morgan fingerprint density at radius 2 is 2.32 bits per heavy atom. The van der Waals surface area contributed by atoms with Gasteiger partial charge in [0.05, 0.1) is 9.95 Å². The normalized spacial score (nSPS) is 20.4. The van der Waals surface area contributed by atoms with Crippen LogP contribution in [0.4, 0.5) is 5.69 Å². The summed E-state index contributed by atoms with van der Waals surface area (Å²) < 4.78 is 0. The molecule has 1 unspecified atom stereocenters. The summed E-state index contributed by atoms with van der Waals surface area (Å²) in [4.78, 5) is 12.5. The lowest BCUT2D eigenvalue weighted by molar-refractivity contribution is -0.384. The largest absolute Gasteiger partial charge is 0.330 e. The molecule has 104 valence electrons. The van der Waals surface area contributed by atoms with Crippen molar-refractivity contribution in [2.24, 2.45) is 11.7 Å². The minimum Gasteiger partial charge on any atom is -0.330 e. The molecular formula is C13H18ClN3O2. The van der Waals surface area contributed by atoms with Gasteiger partial charge in [0.2, 0.25) is 0 Å². The predicted molar refractivity (Wildman–Crippen MR) is 75.2 cm³/mol. The van der Waals surface area contributed by atoms with Crippen molar-refractivity contribution in [3.8, 4) is 0 Å². The van der Waals surface area contributed by atoms with Crippen LogP contribution < -0.4 is 5.73 Å². The number of hydrogen-bond acceptors (Lipinski definition) is 4. The van der Waals surface area contributed by atoms with Crippen LogP contribution >= 0.6 is 11.6 Å². The van der Waals surface area contributed by atoms with Crippen molar-refractivity contribution in [2.75, 3.05) is 19.6 Å². The summed E-state index contributed by atoms with van der Waals surface area (Å²) in [6.45, 7) is 3.45. The number of nitrogens with two attached hydrogens (primary N) is 1. The number of non-ortho nitro benzene ring substituents is 1. The minimum atomic E-state index is -0.430. The molecule has 1 saturated heterocycles. The van der Waals surface area contributed by atoms with Gasteiger partial charge in [-0.15, -0.1) is 0 Å². The Balaban J connectivity index is 2.04. The highest BCUT2D eigenvalue weighted by atomic mass is 35.5. The third kappa shape index (κ3) is 3.65. The number of rotatable bonds is 4. The average Bonchev–Trinajstić information content (AvgIpc) is 2.41. The first-order chi connectivity index (χ1) is 9.10. The van der Waals surface area contributed by atoms with E-state index in [0.29, 0.717) is 17.5 Å². The van der Waals surface area contributed by atoms with Gasteiger partial charge in [-0.2, -0.15) is 0 Å². The Labute approximate surface area is 117 Å². The van der Waals surface area contributed by atoms with Crippen LogP contribution in [0.25, 0.3) is 0 Å². The third-order valence-electron chi connectivity index (χ3n) is 3.58. The van der Waals surface area contributed by atoms with E-state index >= 15 is 0 Å². The lowest BCUT2D eigenvalue weighted by Crippen LogP contribution is -2.37. The van der Waals surface area contributed by atoms with Gasteiger partial charge in [0.1, 0.15) is 0 Å². The molecule has 19 heavy (non-hydrogen) atoms. The van der Waals surface area contributed by atoms with E-state index in [2.05, 4.69) is 4.90 Å². The number of hydrogen-bond donors (Lipinski definition) is 1. The number of benzene rings is 1. The second-order valence-electron chi connectivity index (χ2n) is 5.01. The standard InChI is InChI=1S/C13H18ClN3O2/c14-13-6-12(17(18)19)4-3-11(13)9-16-5-1-2-10(7-15)8-16/h3-4,6,10H,1-2,5,7-9,15H2. The van der Waals surface area contributed by atoms with Gasteiger partial charge >= 0.3 is 0 Å². The van der Waals surface area contributed by atoms with Crippen LogP contribution in [0.5, 0.6) is 0 Å². The summed E-state index contributed by atoms with van der Waals surface area (Å²) in [6, 6.07) is 4.67. The smallest absolute Gasteiger partial charge is 0.270 e. The zero-order valence-electron chi connectivity index (χ0n) is 10.7. The van der Waals surface area contributed by atoms with Crippen LogP contribution in [0.1, 0.15) is 18.4 Å². The van der Waals surface area contributed by atoms with E-state index in [9.17, 15) is 10.1 Å². The summed E-state index contributed by atoms with van der Waals surface area (Å²) in [6.07, 6.45) is 2.33. The second kappa shape index (κ2) is 6.32. The van der Waals surface area contributed by atoms with E-state index < -0.39 is 4.92 Å². The van der Waals surface area contributed by atoms with Crippen molar-refractivity contribution in [3.63, 3.8) is 0 Å². The maximum Gasteiger partial charge on any atom is 0.270 e. The van der Waals surface area contributed by atoms with Crippen LogP contribution in [0.2, 0.25) is 5.02 Å². The van der Waals surface area contributed by atoms with Crippen LogP contribution in [-0.4, -0.2) is 29.5 Å². The van der Waals surface area contributed by atoms with Crippen molar-refractivity contribution in [3.05, 3.63) is 38.9 Å². The summed E-state index contributed by atoms with van der Waals surface area (Å²) >= 11 is 6.11. The molecule has 2 N–H and O–H groups in total. The molecule has 0 aromatic heterocycles. The molecule has 5 nitrogen and oxygen atoms in total. The predicted octanol–water partition coefficient (Wildman–Crippen LogP) is 2.42. The highest BCUT2D eigenvalue weighted by Gasteiger charge is 2.20. The van der Waals surface area contributed by atoms with E-state index in [1.165, 1.54) is 18.6 Å². The molecule has 1 aromatic rings. The lowest BCUT2D eigenvalue weighted by atomic mass is 9.98. The molecule has 2 rings (SSSR count). The summed E-state index contributed by atoms with van der Waals surface area (Å²) in [5.74, 6) is 0.547. The Morgan fingerprint density at radius 1 is 1.53 bits per heavy atom. The van der Waals surface area contributed by atoms with Crippen molar-refractivity contribution < 1.29 is 4.92 Å². The molecule has 0 spiro atoms. The molecule has 1 aliphatic rings. The first-order valence-electron chi connectivity index (χ1n) is 6.45. The van der Waals surface area contributed by atoms with Gasteiger partial charge in [-0.05, 0) is 43.5 Å². The summed E-state index contributed by atoms with van der Waals surface area (Å²) in [5.41, 5.74) is 6.68. The average molecular weight is 284 g/mol. The Bertz CT molecular complexity index is 467. The number of nitro benzene ring substituents is 1. The number of piperidine rings is 1. The van der Waals surface area contributed by atoms with E-state index in [1.807, 2.05) is 0 Å². The van der Waals surface area contributed by atoms with Crippen LogP contribution in [0.3, 0.4) is 0 Å². The highest BCUT2D eigenvalue weighted by molar-refractivity contribution is 6.31. The number of halogens is 1. The van der Waals surface area contributed by atoms with E-state index in [1.54, 1.807) is 6.07 Å². The fraction of sp³-hybridized carbons (Fsp3) is 0.538. The molecule has 6 heteroatoms. The third-order valence-corrected chi connectivity index (χ3v) is 3.93. The summed E-state index contributed by atoms with van der Waals surface area (Å²) in [5, 5.41) is 11.1. The van der Waals surface area contributed by atoms with Crippen molar-refractivity contribution in [2.45, 2.75) is 19.4 Å². The quantitative estimate of drug-likeness (QED) is 0.680. The molecular weight excluding hydrogens is 266 g/mol. The molecule has 0 radical (unpaired) electrons. The van der Waals surface area contributed by atoms with Gasteiger partial charge in [-0.1, -0.05) is 11.6 Å². The highest BCUT2D eigenvalue weighted by Crippen LogP contribution is 2.25. The van der Waals surface area contributed by atoms with Gasteiger partial charge in [0.15, 0.2) is 0 Å². The fourth-order valence-electron chi connectivity index (χ4n) is 2.51. The molecule has 1 aromatic carbocycles. The lowest BCUT2D eigenvalue weighted by Gasteiger charge is -2.32. The molecule has 0 amide bonds. The molecule has 0 bridgehead atoms. The number of nitrogens with zero attached hydrogens (tertiary/aromatic N) is 2. The summed E-state index contributed by atoms with van der Waals surface area (Å²) in [7, 11) is 0. The van der Waals surface area contributed by atoms with Gasteiger partial charge in [0.25, 0.3) is 5.69 Å².